The molecule has 0 saturated carbocycles. The number of rotatable bonds is 5. The summed E-state index contributed by atoms with van der Waals surface area (Å²) in [5.74, 6) is 1.00. The van der Waals surface area contributed by atoms with E-state index in [0.717, 1.165) is 11.3 Å². The van der Waals surface area contributed by atoms with Gasteiger partial charge in [0, 0.05) is 5.69 Å². The first-order valence-corrected chi connectivity index (χ1v) is 8.56. The van der Waals surface area contributed by atoms with Gasteiger partial charge in [0.15, 0.2) is 16.6 Å². The zero-order chi connectivity index (χ0) is 18.5. The number of esters is 1. The molecule has 1 atom stereocenters. The number of methoxy groups -OCH3 is 1. The fraction of sp³-hybridized carbons (Fsp3) is 0.263. The summed E-state index contributed by atoms with van der Waals surface area (Å²) < 4.78 is 15.6. The van der Waals surface area contributed by atoms with E-state index in [0.29, 0.717) is 16.6 Å². The number of fused-ring (bicyclic) bond motifs is 1. The molecule has 2 N–H and O–H groups in total. The molecule has 6 nitrogen and oxygen atoms in total. The predicted molar refractivity (Wildman–Crippen MR) is 102 cm³/mol. The van der Waals surface area contributed by atoms with E-state index in [1.54, 1.807) is 0 Å². The fourth-order valence-corrected chi connectivity index (χ4v) is 2.85. The van der Waals surface area contributed by atoms with Crippen LogP contribution < -0.4 is 20.1 Å². The number of nitrogens with one attached hydrogen (secondary N) is 2. The van der Waals surface area contributed by atoms with Crippen LogP contribution in [0.5, 0.6) is 11.5 Å². The molecule has 1 heterocycles. The Morgan fingerprint density at radius 1 is 1.19 bits per heavy atom. The number of ether oxygens (including phenoxy) is 3. The number of anilines is 1. The maximum absolute atomic E-state index is 11.8. The van der Waals surface area contributed by atoms with Gasteiger partial charge in [-0.2, -0.15) is 0 Å². The van der Waals surface area contributed by atoms with Crippen LogP contribution in [-0.2, 0) is 9.53 Å². The summed E-state index contributed by atoms with van der Waals surface area (Å²) in [6.45, 7) is 2.22. The quantitative estimate of drug-likeness (QED) is 0.616. The van der Waals surface area contributed by atoms with Crippen molar-refractivity contribution in [1.29, 1.82) is 0 Å². The van der Waals surface area contributed by atoms with Crippen LogP contribution in [0.1, 0.15) is 23.6 Å². The summed E-state index contributed by atoms with van der Waals surface area (Å²) in [7, 11) is 1.36. The van der Waals surface area contributed by atoms with Gasteiger partial charge in [0.05, 0.1) is 19.6 Å². The molecule has 1 unspecified atom stereocenters. The number of thiocarbonyl (C=S) groups is 1. The molecule has 0 aliphatic carbocycles. The van der Waals surface area contributed by atoms with Crippen LogP contribution in [0.4, 0.5) is 5.69 Å². The average Bonchev–Trinajstić information content (AvgIpc) is 3.10. The summed E-state index contributed by atoms with van der Waals surface area (Å²) in [5, 5.41) is 6.72. The van der Waals surface area contributed by atoms with Gasteiger partial charge in [0.2, 0.25) is 6.79 Å². The first kappa shape index (κ1) is 18.0. The van der Waals surface area contributed by atoms with E-state index in [1.807, 2.05) is 49.4 Å². The number of benzene rings is 2. The minimum absolute atomic E-state index is 0.131. The second-order valence-electron chi connectivity index (χ2n) is 5.91. The predicted octanol–water partition coefficient (Wildman–Crippen LogP) is 3.31. The summed E-state index contributed by atoms with van der Waals surface area (Å²) in [4.78, 5) is 11.8. The highest BCUT2D eigenvalue weighted by atomic mass is 32.1. The van der Waals surface area contributed by atoms with Crippen LogP contribution in [0, 0.1) is 6.92 Å². The van der Waals surface area contributed by atoms with Crippen molar-refractivity contribution in [3.8, 4) is 11.5 Å². The molecule has 0 spiro atoms. The third-order valence-electron chi connectivity index (χ3n) is 4.01. The lowest BCUT2D eigenvalue weighted by Gasteiger charge is -2.21. The van der Waals surface area contributed by atoms with E-state index in [1.165, 1.54) is 12.7 Å². The molecule has 0 bridgehead atoms. The van der Waals surface area contributed by atoms with Gasteiger partial charge in [-0.1, -0.05) is 23.8 Å². The van der Waals surface area contributed by atoms with Gasteiger partial charge in [-0.3, -0.25) is 4.79 Å². The van der Waals surface area contributed by atoms with Crippen LogP contribution in [-0.4, -0.2) is 25.0 Å². The van der Waals surface area contributed by atoms with E-state index in [4.69, 9.17) is 26.4 Å². The zero-order valence-electron chi connectivity index (χ0n) is 14.6. The van der Waals surface area contributed by atoms with Gasteiger partial charge in [0.25, 0.3) is 0 Å². The Bertz CT molecular complexity index is 808. The number of carbonyl (C=O) groups is 1. The number of aryl methyl sites for hydroxylation is 1. The third kappa shape index (κ3) is 4.43. The van der Waals surface area contributed by atoms with Gasteiger partial charge in [-0.25, -0.2) is 0 Å². The molecular weight excluding hydrogens is 352 g/mol. The van der Waals surface area contributed by atoms with E-state index in [9.17, 15) is 4.79 Å². The van der Waals surface area contributed by atoms with Crippen molar-refractivity contribution >= 4 is 29.0 Å². The minimum atomic E-state index is -0.359. The molecule has 0 saturated heterocycles. The zero-order valence-corrected chi connectivity index (χ0v) is 15.4. The van der Waals surface area contributed by atoms with Gasteiger partial charge < -0.3 is 24.8 Å². The van der Waals surface area contributed by atoms with E-state index in [2.05, 4.69) is 10.6 Å². The smallest absolute Gasteiger partial charge is 0.307 e. The normalized spacial score (nSPS) is 13.0. The van der Waals surface area contributed by atoms with Gasteiger partial charge in [-0.15, -0.1) is 0 Å². The summed E-state index contributed by atoms with van der Waals surface area (Å²) in [5.41, 5.74) is 2.89. The van der Waals surface area contributed by atoms with Crippen LogP contribution in [0.3, 0.4) is 0 Å². The molecule has 3 rings (SSSR count). The molecule has 136 valence electrons. The molecular formula is C19H20N2O4S. The van der Waals surface area contributed by atoms with Crippen LogP contribution in [0.25, 0.3) is 0 Å². The molecule has 2 aromatic carbocycles. The van der Waals surface area contributed by atoms with Crippen molar-refractivity contribution in [3.05, 3.63) is 53.6 Å². The maximum Gasteiger partial charge on any atom is 0.307 e. The van der Waals surface area contributed by atoms with Crippen LogP contribution in [0.2, 0.25) is 0 Å². The van der Waals surface area contributed by atoms with E-state index in [-0.39, 0.29) is 25.2 Å². The first-order chi connectivity index (χ1) is 12.5. The van der Waals surface area contributed by atoms with Gasteiger partial charge in [-0.05, 0) is 49.0 Å². The number of hydrogen-bond acceptors (Lipinski definition) is 5. The monoisotopic (exact) mass is 372 g/mol. The summed E-state index contributed by atoms with van der Waals surface area (Å²) >= 11 is 5.40. The largest absolute Gasteiger partial charge is 0.469 e. The Kier molecular flexibility index (Phi) is 5.58. The van der Waals surface area contributed by atoms with Gasteiger partial charge >= 0.3 is 5.97 Å². The summed E-state index contributed by atoms with van der Waals surface area (Å²) in [6.07, 6.45) is 0.131. The highest BCUT2D eigenvalue weighted by Gasteiger charge is 2.21. The van der Waals surface area contributed by atoms with Crippen molar-refractivity contribution in [3.63, 3.8) is 0 Å². The molecule has 0 aromatic heterocycles. The molecule has 0 radical (unpaired) electrons. The molecule has 0 amide bonds. The van der Waals surface area contributed by atoms with Crippen molar-refractivity contribution < 1.29 is 19.0 Å². The topological polar surface area (TPSA) is 68.8 Å². The van der Waals surface area contributed by atoms with Crippen molar-refractivity contribution in [1.82, 2.24) is 5.32 Å². The minimum Gasteiger partial charge on any atom is -0.469 e. The fourth-order valence-electron chi connectivity index (χ4n) is 2.59. The molecule has 1 aliphatic rings. The Hall–Kier alpha value is -2.80. The highest BCUT2D eigenvalue weighted by Crippen LogP contribution is 2.34. The lowest BCUT2D eigenvalue weighted by Crippen LogP contribution is -2.33. The standard InChI is InChI=1S/C19H20N2O4S/c1-12-3-6-14(7-4-12)20-19(26)21-15(10-18(22)23-2)13-5-8-16-17(9-13)25-11-24-16/h3-9,15H,10-11H2,1-2H3,(H2,20,21,26). The molecule has 7 heteroatoms. The Morgan fingerprint density at radius 2 is 1.92 bits per heavy atom. The second kappa shape index (κ2) is 8.05. The molecule has 0 fully saturated rings. The Balaban J connectivity index is 1.74. The van der Waals surface area contributed by atoms with Crippen molar-refractivity contribution in [2.45, 2.75) is 19.4 Å². The lowest BCUT2D eigenvalue weighted by atomic mass is 10.0. The maximum atomic E-state index is 11.8. The Morgan fingerprint density at radius 3 is 2.65 bits per heavy atom. The van der Waals surface area contributed by atoms with Crippen LogP contribution in [0.15, 0.2) is 42.5 Å². The number of carbonyl (C=O) groups excluding carboxylic acids is 1. The molecule has 26 heavy (non-hydrogen) atoms. The van der Waals surface area contributed by atoms with E-state index >= 15 is 0 Å². The van der Waals surface area contributed by atoms with Crippen molar-refractivity contribution in [2.75, 3.05) is 19.2 Å². The third-order valence-corrected chi connectivity index (χ3v) is 4.23. The molecule has 2 aromatic rings. The van der Waals surface area contributed by atoms with Crippen LogP contribution >= 0.6 is 12.2 Å². The van der Waals surface area contributed by atoms with Gasteiger partial charge in [0.1, 0.15) is 0 Å². The SMILES string of the molecule is COC(=O)CC(NC(=S)Nc1ccc(C)cc1)c1ccc2c(c1)OCO2. The van der Waals surface area contributed by atoms with E-state index < -0.39 is 0 Å². The highest BCUT2D eigenvalue weighted by molar-refractivity contribution is 7.80. The first-order valence-electron chi connectivity index (χ1n) is 8.15. The number of hydrogen-bond donors (Lipinski definition) is 2. The molecule has 1 aliphatic heterocycles. The lowest BCUT2D eigenvalue weighted by molar-refractivity contribution is -0.141. The Labute approximate surface area is 157 Å². The van der Waals surface area contributed by atoms with Crippen molar-refractivity contribution in [2.24, 2.45) is 0 Å². The second-order valence-corrected chi connectivity index (χ2v) is 6.32. The summed E-state index contributed by atoms with van der Waals surface area (Å²) in [6, 6.07) is 13.1. The average molecular weight is 372 g/mol.